The van der Waals surface area contributed by atoms with Gasteiger partial charge in [-0.2, -0.15) is 0 Å². The summed E-state index contributed by atoms with van der Waals surface area (Å²) in [6.07, 6.45) is 9.58. The standard InChI is InChI=1S/C16H28N2O/c1-2-4-10-9-14(10)18-16(19)13-7-11-5-3-6-12(8-13)15(11)17/h10-15H,2-9,17H2,1H3,(H,18,19). The molecule has 4 atom stereocenters. The first-order chi connectivity index (χ1) is 9.19. The summed E-state index contributed by atoms with van der Waals surface area (Å²) in [6, 6.07) is 0.856. The zero-order valence-electron chi connectivity index (χ0n) is 12.1. The predicted octanol–water partition coefficient (Wildman–Crippen LogP) is 2.44. The van der Waals surface area contributed by atoms with Gasteiger partial charge in [-0.25, -0.2) is 0 Å². The molecule has 1 amide bonds. The highest BCUT2D eigenvalue weighted by Gasteiger charge is 2.43. The Morgan fingerprint density at radius 1 is 1.21 bits per heavy atom. The van der Waals surface area contributed by atoms with E-state index in [0.717, 1.165) is 18.8 Å². The molecule has 3 aliphatic rings. The van der Waals surface area contributed by atoms with Crippen LogP contribution in [0.1, 0.15) is 58.3 Å². The Labute approximate surface area is 116 Å². The van der Waals surface area contributed by atoms with Crippen molar-refractivity contribution < 1.29 is 4.79 Å². The van der Waals surface area contributed by atoms with Crippen LogP contribution in [-0.2, 0) is 4.79 Å². The van der Waals surface area contributed by atoms with Crippen LogP contribution in [0.4, 0.5) is 0 Å². The maximum absolute atomic E-state index is 12.4. The molecule has 19 heavy (non-hydrogen) atoms. The monoisotopic (exact) mass is 264 g/mol. The van der Waals surface area contributed by atoms with Crippen molar-refractivity contribution in [2.45, 2.75) is 70.4 Å². The van der Waals surface area contributed by atoms with Crippen molar-refractivity contribution in [3.8, 4) is 0 Å². The topological polar surface area (TPSA) is 55.1 Å². The molecule has 0 radical (unpaired) electrons. The summed E-state index contributed by atoms with van der Waals surface area (Å²) in [5, 5.41) is 3.28. The van der Waals surface area contributed by atoms with E-state index in [2.05, 4.69) is 12.2 Å². The molecule has 0 heterocycles. The minimum atomic E-state index is 0.248. The van der Waals surface area contributed by atoms with Gasteiger partial charge in [0.15, 0.2) is 0 Å². The van der Waals surface area contributed by atoms with E-state index in [1.807, 2.05) is 0 Å². The largest absolute Gasteiger partial charge is 0.353 e. The van der Waals surface area contributed by atoms with Crippen LogP contribution < -0.4 is 11.1 Å². The molecule has 3 nitrogen and oxygen atoms in total. The lowest BCUT2D eigenvalue weighted by molar-refractivity contribution is -0.128. The highest BCUT2D eigenvalue weighted by molar-refractivity contribution is 5.79. The van der Waals surface area contributed by atoms with E-state index in [4.69, 9.17) is 5.73 Å². The van der Waals surface area contributed by atoms with Gasteiger partial charge in [-0.1, -0.05) is 19.8 Å². The molecule has 0 saturated heterocycles. The number of carbonyl (C=O) groups is 1. The Hall–Kier alpha value is -0.570. The Balaban J connectivity index is 1.51. The van der Waals surface area contributed by atoms with Gasteiger partial charge >= 0.3 is 0 Å². The van der Waals surface area contributed by atoms with Gasteiger partial charge in [-0.05, 0) is 56.3 Å². The van der Waals surface area contributed by atoms with Crippen molar-refractivity contribution >= 4 is 5.91 Å². The van der Waals surface area contributed by atoms with Crippen molar-refractivity contribution in [1.29, 1.82) is 0 Å². The predicted molar refractivity (Wildman–Crippen MR) is 76.5 cm³/mol. The van der Waals surface area contributed by atoms with E-state index in [1.54, 1.807) is 0 Å². The van der Waals surface area contributed by atoms with Gasteiger partial charge in [-0.15, -0.1) is 0 Å². The molecular formula is C16H28N2O. The summed E-state index contributed by atoms with van der Waals surface area (Å²) in [7, 11) is 0. The van der Waals surface area contributed by atoms with Crippen molar-refractivity contribution in [2.24, 2.45) is 29.4 Å². The van der Waals surface area contributed by atoms with Crippen LogP contribution in [0, 0.1) is 23.7 Å². The number of hydrogen-bond acceptors (Lipinski definition) is 2. The van der Waals surface area contributed by atoms with Gasteiger partial charge in [0, 0.05) is 18.0 Å². The number of nitrogens with two attached hydrogens (primary N) is 1. The van der Waals surface area contributed by atoms with Crippen LogP contribution in [0.5, 0.6) is 0 Å². The highest BCUT2D eigenvalue weighted by Crippen LogP contribution is 2.42. The number of hydrogen-bond donors (Lipinski definition) is 2. The average molecular weight is 264 g/mol. The van der Waals surface area contributed by atoms with E-state index < -0.39 is 0 Å². The lowest BCUT2D eigenvalue weighted by atomic mass is 9.65. The molecule has 2 bridgehead atoms. The number of fused-ring (bicyclic) bond motifs is 2. The molecule has 3 fully saturated rings. The average Bonchev–Trinajstić information content (AvgIpc) is 3.07. The number of amides is 1. The maximum atomic E-state index is 12.4. The fourth-order valence-corrected chi connectivity index (χ4v) is 4.42. The third kappa shape index (κ3) is 2.81. The van der Waals surface area contributed by atoms with Crippen LogP contribution >= 0.6 is 0 Å². The summed E-state index contributed by atoms with van der Waals surface area (Å²) in [5.74, 6) is 2.55. The first-order valence-corrected chi connectivity index (χ1v) is 8.25. The quantitative estimate of drug-likeness (QED) is 0.819. The van der Waals surface area contributed by atoms with E-state index in [1.165, 1.54) is 38.5 Å². The van der Waals surface area contributed by atoms with Crippen molar-refractivity contribution in [1.82, 2.24) is 5.32 Å². The highest BCUT2D eigenvalue weighted by atomic mass is 16.2. The van der Waals surface area contributed by atoms with Gasteiger partial charge in [0.2, 0.25) is 5.91 Å². The molecule has 4 unspecified atom stereocenters. The fourth-order valence-electron chi connectivity index (χ4n) is 4.42. The Morgan fingerprint density at radius 2 is 1.89 bits per heavy atom. The van der Waals surface area contributed by atoms with Crippen molar-refractivity contribution in [2.75, 3.05) is 0 Å². The normalized spacial score (nSPS) is 44.7. The molecule has 0 aliphatic heterocycles. The van der Waals surface area contributed by atoms with Gasteiger partial charge in [0.25, 0.3) is 0 Å². The molecule has 108 valence electrons. The molecule has 0 spiro atoms. The SMILES string of the molecule is CCCC1CC1NC(=O)C1CC2CCCC(C1)C2N. The van der Waals surface area contributed by atoms with Crippen LogP contribution in [0.2, 0.25) is 0 Å². The zero-order chi connectivity index (χ0) is 13.4. The summed E-state index contributed by atoms with van der Waals surface area (Å²) >= 11 is 0. The smallest absolute Gasteiger partial charge is 0.223 e. The Morgan fingerprint density at radius 3 is 2.53 bits per heavy atom. The summed E-state index contributed by atoms with van der Waals surface area (Å²) in [4.78, 5) is 12.4. The second-order valence-electron chi connectivity index (χ2n) is 7.10. The third-order valence-corrected chi connectivity index (χ3v) is 5.69. The van der Waals surface area contributed by atoms with Crippen LogP contribution in [0.3, 0.4) is 0 Å². The van der Waals surface area contributed by atoms with Crippen LogP contribution in [-0.4, -0.2) is 18.0 Å². The molecule has 3 aliphatic carbocycles. The minimum Gasteiger partial charge on any atom is -0.353 e. The van der Waals surface area contributed by atoms with Crippen LogP contribution in [0.25, 0.3) is 0 Å². The molecule has 3 rings (SSSR count). The van der Waals surface area contributed by atoms with E-state index in [-0.39, 0.29) is 5.92 Å². The van der Waals surface area contributed by atoms with Gasteiger partial charge in [0.1, 0.15) is 0 Å². The second kappa shape index (κ2) is 5.43. The zero-order valence-corrected chi connectivity index (χ0v) is 12.1. The maximum Gasteiger partial charge on any atom is 0.223 e. The lowest BCUT2D eigenvalue weighted by Gasteiger charge is -2.43. The van der Waals surface area contributed by atoms with Gasteiger partial charge in [0.05, 0.1) is 0 Å². The second-order valence-corrected chi connectivity index (χ2v) is 7.10. The molecule has 0 aromatic carbocycles. The molecule has 3 saturated carbocycles. The summed E-state index contributed by atoms with van der Waals surface area (Å²) < 4.78 is 0. The molecule has 3 N–H and O–H groups in total. The number of nitrogens with one attached hydrogen (secondary N) is 1. The summed E-state index contributed by atoms with van der Waals surface area (Å²) in [6.45, 7) is 2.22. The summed E-state index contributed by atoms with van der Waals surface area (Å²) in [5.41, 5.74) is 6.29. The minimum absolute atomic E-state index is 0.248. The van der Waals surface area contributed by atoms with E-state index >= 15 is 0 Å². The van der Waals surface area contributed by atoms with Gasteiger partial charge in [-0.3, -0.25) is 4.79 Å². The first-order valence-electron chi connectivity index (χ1n) is 8.25. The van der Waals surface area contributed by atoms with E-state index in [9.17, 15) is 4.79 Å². The van der Waals surface area contributed by atoms with Crippen LogP contribution in [0.15, 0.2) is 0 Å². The molecule has 3 heteroatoms. The molecule has 0 aromatic heterocycles. The van der Waals surface area contributed by atoms with E-state index in [0.29, 0.717) is 29.8 Å². The lowest BCUT2D eigenvalue weighted by Crippen LogP contribution is -2.49. The Bertz CT molecular complexity index is 330. The number of carbonyl (C=O) groups excluding carboxylic acids is 1. The van der Waals surface area contributed by atoms with Crippen molar-refractivity contribution in [3.63, 3.8) is 0 Å². The Kier molecular flexibility index (Phi) is 3.84. The first kappa shape index (κ1) is 13.4. The molecule has 0 aromatic rings. The third-order valence-electron chi connectivity index (χ3n) is 5.69. The van der Waals surface area contributed by atoms with Gasteiger partial charge < -0.3 is 11.1 Å². The number of rotatable bonds is 4. The van der Waals surface area contributed by atoms with Crippen molar-refractivity contribution in [3.05, 3.63) is 0 Å². The fraction of sp³-hybridized carbons (Fsp3) is 0.938. The molecular weight excluding hydrogens is 236 g/mol.